The van der Waals surface area contributed by atoms with Crippen LogP contribution < -0.4 is 0 Å². The Labute approximate surface area is 76.1 Å². The molecule has 0 heterocycles. The molecule has 4 heteroatoms. The number of hydrogen-bond donors (Lipinski definition) is 1. The molecule has 0 saturated heterocycles. The van der Waals surface area contributed by atoms with Gasteiger partial charge < -0.3 is 5.21 Å². The Balaban J connectivity index is 0.00000121. The van der Waals surface area contributed by atoms with Crippen LogP contribution in [0.2, 0.25) is 0 Å². The van der Waals surface area contributed by atoms with Gasteiger partial charge in [-0.15, -0.1) is 12.4 Å². The summed E-state index contributed by atoms with van der Waals surface area (Å²) < 4.78 is 0. The van der Waals surface area contributed by atoms with Gasteiger partial charge in [0.1, 0.15) is 6.21 Å². The molecule has 0 spiro atoms. The highest BCUT2D eigenvalue weighted by atomic mass is 35.5. The number of ketones is 1. The number of benzene rings is 1. The fourth-order valence-corrected chi connectivity index (χ4v) is 0.729. The lowest BCUT2D eigenvalue weighted by molar-refractivity contribution is 0.106. The molecule has 0 aliphatic heterocycles. The van der Waals surface area contributed by atoms with Crippen molar-refractivity contribution in [2.24, 2.45) is 5.16 Å². The maximum absolute atomic E-state index is 10.9. The zero-order chi connectivity index (χ0) is 8.10. The molecule has 3 nitrogen and oxygen atoms in total. The maximum atomic E-state index is 10.9. The van der Waals surface area contributed by atoms with Crippen molar-refractivity contribution in [2.45, 2.75) is 0 Å². The van der Waals surface area contributed by atoms with E-state index < -0.39 is 0 Å². The summed E-state index contributed by atoms with van der Waals surface area (Å²) in [6, 6.07) is 8.62. The Morgan fingerprint density at radius 2 is 1.92 bits per heavy atom. The first-order chi connectivity index (χ1) is 5.34. The Morgan fingerprint density at radius 3 is 2.42 bits per heavy atom. The second-order valence-corrected chi connectivity index (χ2v) is 1.97. The van der Waals surface area contributed by atoms with Gasteiger partial charge in [0.05, 0.1) is 0 Å². The third kappa shape index (κ3) is 2.72. The van der Waals surface area contributed by atoms with Gasteiger partial charge in [0.25, 0.3) is 0 Å². The van der Waals surface area contributed by atoms with Gasteiger partial charge in [-0.3, -0.25) is 4.79 Å². The summed E-state index contributed by atoms with van der Waals surface area (Å²) in [7, 11) is 0. The van der Waals surface area contributed by atoms with Crippen molar-refractivity contribution in [3.8, 4) is 0 Å². The van der Waals surface area contributed by atoms with Crippen LogP contribution in [0.3, 0.4) is 0 Å². The third-order valence-corrected chi connectivity index (χ3v) is 1.23. The first-order valence-electron chi connectivity index (χ1n) is 3.11. The van der Waals surface area contributed by atoms with E-state index in [1.165, 1.54) is 0 Å². The molecule has 1 rings (SSSR count). The predicted octanol–water partition coefficient (Wildman–Crippen LogP) is 1.75. The molecule has 0 radical (unpaired) electrons. The van der Waals surface area contributed by atoms with Crippen molar-refractivity contribution < 1.29 is 10.0 Å². The maximum Gasteiger partial charge on any atom is 0.207 e. The highest BCUT2D eigenvalue weighted by molar-refractivity contribution is 6.35. The quantitative estimate of drug-likeness (QED) is 0.330. The number of hydrogen-bond acceptors (Lipinski definition) is 3. The number of carbonyl (C=O) groups excluding carboxylic acids is 1. The normalized spacial score (nSPS) is 9.33. The van der Waals surface area contributed by atoms with E-state index in [0.717, 1.165) is 6.21 Å². The SMILES string of the molecule is Cl.O=C(C=NO)c1ccccc1. The van der Waals surface area contributed by atoms with Crippen LogP contribution in [0.4, 0.5) is 0 Å². The van der Waals surface area contributed by atoms with Crippen LogP contribution in [0.5, 0.6) is 0 Å². The number of halogens is 1. The van der Waals surface area contributed by atoms with Crippen molar-refractivity contribution in [3.05, 3.63) is 35.9 Å². The van der Waals surface area contributed by atoms with Gasteiger partial charge in [-0.2, -0.15) is 0 Å². The van der Waals surface area contributed by atoms with Crippen molar-refractivity contribution in [2.75, 3.05) is 0 Å². The molecule has 0 atom stereocenters. The van der Waals surface area contributed by atoms with Gasteiger partial charge in [-0.1, -0.05) is 35.5 Å². The molecule has 0 aliphatic rings. The lowest BCUT2D eigenvalue weighted by Gasteiger charge is -1.90. The fourth-order valence-electron chi connectivity index (χ4n) is 0.729. The van der Waals surface area contributed by atoms with Crippen molar-refractivity contribution in [3.63, 3.8) is 0 Å². The molecule has 0 saturated carbocycles. The molecule has 1 aromatic rings. The molecule has 1 N–H and O–H groups in total. The first kappa shape index (κ1) is 10.7. The summed E-state index contributed by atoms with van der Waals surface area (Å²) in [5.74, 6) is -0.298. The van der Waals surface area contributed by atoms with E-state index >= 15 is 0 Å². The zero-order valence-corrected chi connectivity index (χ0v) is 6.99. The van der Waals surface area contributed by atoms with Crippen LogP contribution in [0, 0.1) is 0 Å². The molecular weight excluding hydrogens is 178 g/mol. The first-order valence-corrected chi connectivity index (χ1v) is 3.11. The molecule has 0 aromatic heterocycles. The second kappa shape index (κ2) is 5.32. The van der Waals surface area contributed by atoms with E-state index in [1.807, 2.05) is 6.07 Å². The number of Topliss-reactive ketones (excluding diaryl/α,β-unsaturated/α-hetero) is 1. The minimum atomic E-state index is -0.298. The molecular formula is C8H8ClNO2. The monoisotopic (exact) mass is 185 g/mol. The lowest BCUT2D eigenvalue weighted by atomic mass is 10.1. The largest absolute Gasteiger partial charge is 0.411 e. The van der Waals surface area contributed by atoms with Crippen molar-refractivity contribution in [1.29, 1.82) is 0 Å². The van der Waals surface area contributed by atoms with Gasteiger partial charge in [0.2, 0.25) is 5.78 Å². The minimum Gasteiger partial charge on any atom is -0.411 e. The van der Waals surface area contributed by atoms with Crippen molar-refractivity contribution >= 4 is 24.4 Å². The van der Waals surface area contributed by atoms with Crippen LogP contribution in [0.25, 0.3) is 0 Å². The summed E-state index contributed by atoms with van der Waals surface area (Å²) in [6.45, 7) is 0. The van der Waals surface area contributed by atoms with Crippen LogP contribution in [0.15, 0.2) is 35.5 Å². The average Bonchev–Trinajstić information content (AvgIpc) is 2.07. The van der Waals surface area contributed by atoms with Gasteiger partial charge in [-0.05, 0) is 0 Å². The molecule has 0 amide bonds. The lowest BCUT2D eigenvalue weighted by Crippen LogP contribution is -1.98. The van der Waals surface area contributed by atoms with Gasteiger partial charge in [-0.25, -0.2) is 0 Å². The average molecular weight is 186 g/mol. The van der Waals surface area contributed by atoms with Crippen LogP contribution in [-0.2, 0) is 0 Å². The van der Waals surface area contributed by atoms with E-state index in [4.69, 9.17) is 5.21 Å². The topological polar surface area (TPSA) is 49.7 Å². The van der Waals surface area contributed by atoms with Crippen molar-refractivity contribution in [1.82, 2.24) is 0 Å². The summed E-state index contributed by atoms with van der Waals surface area (Å²) in [4.78, 5) is 10.9. The molecule has 0 bridgehead atoms. The second-order valence-electron chi connectivity index (χ2n) is 1.97. The smallest absolute Gasteiger partial charge is 0.207 e. The van der Waals surface area contributed by atoms with Gasteiger partial charge in [0.15, 0.2) is 0 Å². The zero-order valence-electron chi connectivity index (χ0n) is 6.18. The summed E-state index contributed by atoms with van der Waals surface area (Å²) >= 11 is 0. The number of rotatable bonds is 2. The van der Waals surface area contributed by atoms with Crippen LogP contribution >= 0.6 is 12.4 Å². The highest BCUT2D eigenvalue weighted by Gasteiger charge is 1.98. The number of oxime groups is 1. The Bertz CT molecular complexity index is 272. The number of carbonyl (C=O) groups is 1. The standard InChI is InChI=1S/C8H7NO2.ClH/c10-8(6-9-11)7-4-2-1-3-5-7;/h1-6,11H;1H. The highest BCUT2D eigenvalue weighted by Crippen LogP contribution is 1.97. The molecule has 64 valence electrons. The molecule has 0 unspecified atom stereocenters. The number of nitrogens with zero attached hydrogens (tertiary/aromatic N) is 1. The Hall–Kier alpha value is -1.35. The molecule has 12 heavy (non-hydrogen) atoms. The fraction of sp³-hybridized carbons (Fsp3) is 0. The van der Waals surface area contributed by atoms with Gasteiger partial charge >= 0.3 is 0 Å². The third-order valence-electron chi connectivity index (χ3n) is 1.23. The summed E-state index contributed by atoms with van der Waals surface area (Å²) in [5.41, 5.74) is 0.519. The molecule has 0 fully saturated rings. The minimum absolute atomic E-state index is 0. The molecule has 1 aromatic carbocycles. The Kier molecular flexibility index (Phi) is 4.72. The molecule has 0 aliphatic carbocycles. The predicted molar refractivity (Wildman–Crippen MR) is 48.3 cm³/mol. The summed E-state index contributed by atoms with van der Waals surface area (Å²) in [6.07, 6.45) is 0.870. The van der Waals surface area contributed by atoms with E-state index in [9.17, 15) is 4.79 Å². The summed E-state index contributed by atoms with van der Waals surface area (Å²) in [5, 5.41) is 10.7. The van der Waals surface area contributed by atoms with E-state index in [0.29, 0.717) is 5.56 Å². The van der Waals surface area contributed by atoms with Crippen LogP contribution in [-0.4, -0.2) is 17.2 Å². The van der Waals surface area contributed by atoms with E-state index in [-0.39, 0.29) is 18.2 Å². The van der Waals surface area contributed by atoms with E-state index in [2.05, 4.69) is 5.16 Å². The Morgan fingerprint density at radius 1 is 1.33 bits per heavy atom. The van der Waals surface area contributed by atoms with Crippen LogP contribution in [0.1, 0.15) is 10.4 Å². The van der Waals surface area contributed by atoms with Gasteiger partial charge in [0, 0.05) is 5.56 Å². The van der Waals surface area contributed by atoms with E-state index in [1.54, 1.807) is 24.3 Å².